The van der Waals surface area contributed by atoms with Crippen LogP contribution in [0.1, 0.15) is 152 Å². The highest BCUT2D eigenvalue weighted by atomic mass is 16.6. The smallest absolute Gasteiger partial charge is 0.407 e. The average Bonchev–Trinajstić information content (AvgIpc) is 1.55. The molecule has 1 aromatic carbocycles. The number of rotatable bonds is 76. The van der Waals surface area contributed by atoms with Crippen LogP contribution < -0.4 is 63.8 Å². The number of likely N-dealkylation sites (tertiary alicyclic amines) is 1. The molecule has 1 aliphatic rings. The summed E-state index contributed by atoms with van der Waals surface area (Å²) in [7, 11) is 9.87. The standard InChI is InChI=1S/C93H159N15O30/c1-18-63(6)83(107(14)89(122)81(61(2)3)105-88(121)82(62(4)5)106(12)13)72(128-16)54-80(117)108-35-22-26-71(108)84(129-17)64(7)85(118)104-70(52-66-24-20-19-21-25-66)87(120)95-31-23-36-137-91(125)65(8)102-74(111)28-27-69(90(123)124)103-75(112)30-33-97-92(126)138-60-67(86(119)96-34-37-130-40-41-132-44-45-134-48-49-136-51-50-135-47-46-133-43-42-131-39-38-127-15)53-68(109)56-98-77(114)58-100-79(116)59-101-78(115)57-99-73(110)29-32-94-76(113)55-93(9,10)11/h19-21,24-25,61-65,67,69-72,81-84H,18,22-23,26-60H2,1-17H3,(H,94,113)(H,95,120)(H,96,119)(H,97,126)(H,98,114)(H,99,110)(H,100,116)(H,101,115)(H,102,111)(H,103,112)(H,104,118)(H,105,121)(H,123,124)/t63-,64+,65?,67?,69?,70-,71-,72+,81-,82-,83-,84+/m0/s1. The maximum atomic E-state index is 14.6. The summed E-state index contributed by atoms with van der Waals surface area (Å²) in [5, 5.41) is 40.1. The highest BCUT2D eigenvalue weighted by Gasteiger charge is 2.44. The fourth-order valence-electron chi connectivity index (χ4n) is 14.6. The minimum atomic E-state index is -1.62. The van der Waals surface area contributed by atoms with E-state index in [-0.39, 0.29) is 138 Å². The van der Waals surface area contributed by atoms with Gasteiger partial charge in [0.1, 0.15) is 30.8 Å². The molecule has 3 unspecified atom stereocenters. The third kappa shape index (κ3) is 53.8. The molecule has 13 N–H and O–H groups in total. The van der Waals surface area contributed by atoms with Crippen molar-refractivity contribution < 1.29 is 143 Å². The Balaban J connectivity index is 1.96. The molecule has 1 saturated heterocycles. The number of nitrogens with one attached hydrogen (secondary N) is 12. The molecule has 0 saturated carbocycles. The van der Waals surface area contributed by atoms with Gasteiger partial charge in [0.05, 0.1) is 180 Å². The number of hydrogen-bond acceptors (Lipinski definition) is 30. The number of carboxylic acids is 1. The highest BCUT2D eigenvalue weighted by molar-refractivity contribution is 5.94. The van der Waals surface area contributed by atoms with Crippen LogP contribution in [0.3, 0.4) is 0 Å². The lowest BCUT2D eigenvalue weighted by Gasteiger charge is -2.41. The Hall–Kier alpha value is -10.2. The molecule has 0 bridgehead atoms. The van der Waals surface area contributed by atoms with E-state index in [2.05, 4.69) is 63.8 Å². The Labute approximate surface area is 811 Å². The molecule has 12 atom stereocenters. The van der Waals surface area contributed by atoms with E-state index in [1.165, 1.54) is 21.1 Å². The van der Waals surface area contributed by atoms with Crippen LogP contribution in [-0.4, -0.2) is 389 Å². The number of carboxylic acid groups (broad SMARTS) is 1. The molecule has 1 fully saturated rings. The number of aliphatic carboxylic acids is 1. The lowest BCUT2D eigenvalue weighted by Crippen LogP contribution is -2.59. The molecular formula is C93H159N15O30. The number of ketones is 1. The van der Waals surface area contributed by atoms with Crippen molar-refractivity contribution in [2.75, 3.05) is 214 Å². The largest absolute Gasteiger partial charge is 0.480 e. The maximum absolute atomic E-state index is 14.6. The van der Waals surface area contributed by atoms with Crippen LogP contribution in [-0.2, 0) is 140 Å². The first kappa shape index (κ1) is 124. The second-order valence-corrected chi connectivity index (χ2v) is 35.6. The predicted octanol–water partition coefficient (Wildman–Crippen LogP) is -0.757. The van der Waals surface area contributed by atoms with Crippen LogP contribution in [0.4, 0.5) is 4.79 Å². The summed E-state index contributed by atoms with van der Waals surface area (Å²) in [5.74, 6) is -13.2. The number of Topliss-reactive ketones (excluding diaryl/α,β-unsaturated/α-hetero) is 1. The van der Waals surface area contributed by atoms with Crippen LogP contribution in [0.5, 0.6) is 0 Å². The topological polar surface area (TPSA) is 575 Å². The number of ether oxygens (including phenoxy) is 12. The van der Waals surface area contributed by atoms with E-state index in [1.807, 2.05) is 81.3 Å². The van der Waals surface area contributed by atoms with Crippen molar-refractivity contribution in [2.45, 2.75) is 208 Å². The van der Waals surface area contributed by atoms with Gasteiger partial charge in [-0.2, -0.15) is 0 Å². The van der Waals surface area contributed by atoms with Crippen LogP contribution in [0.25, 0.3) is 0 Å². The molecule has 0 spiro atoms. The SMILES string of the molecule is CC[C@H](C)[C@@H]([C@@H](CC(=O)N1CCC[C@H]1[C@H](OC)[C@@H](C)C(=O)N[C@@H](Cc1ccccc1)C(=O)NCCCOC(=O)C(C)NC(=O)CCC(NC(=O)CCNC(=O)OCC(CC(=O)CNC(=O)CNC(=O)CNC(=O)CNC(=O)CCNC(=O)CC(C)(C)C)C(=O)NCCOCCOCCOCCOCCOCCOCCOCCOC)C(=O)O)OC)N(C)C(=O)[C@@H](NC(=O)[C@H](C(C)C)N(C)C)C(C)C. The van der Waals surface area contributed by atoms with Gasteiger partial charge in [-0.25, -0.2) is 14.4 Å². The van der Waals surface area contributed by atoms with E-state index in [4.69, 9.17) is 56.8 Å². The lowest BCUT2D eigenvalue weighted by atomic mass is 9.89. The first-order chi connectivity index (χ1) is 65.6. The van der Waals surface area contributed by atoms with Crippen LogP contribution in [0, 0.1) is 35.0 Å². The van der Waals surface area contributed by atoms with Gasteiger partial charge in [-0.1, -0.05) is 106 Å². The Kier molecular flexibility index (Phi) is 63.9. The number of carbonyl (C=O) groups is 17. The van der Waals surface area contributed by atoms with Crippen molar-refractivity contribution >= 4 is 101 Å². The Bertz CT molecular complexity index is 3840. The molecule has 14 amide bonds. The molecule has 45 nitrogen and oxygen atoms in total. The molecule has 45 heteroatoms. The molecule has 0 radical (unpaired) electrons. The molecule has 786 valence electrons. The summed E-state index contributed by atoms with van der Waals surface area (Å²) in [6.45, 7) is 22.0. The number of carbonyl (C=O) groups excluding carboxylic acids is 16. The molecule has 138 heavy (non-hydrogen) atoms. The number of likely N-dealkylation sites (N-methyl/N-ethyl adjacent to an activating group) is 2. The van der Waals surface area contributed by atoms with Gasteiger partial charge in [-0.15, -0.1) is 0 Å². The quantitative estimate of drug-likeness (QED) is 0.0282. The normalized spacial score (nSPS) is 14.9. The van der Waals surface area contributed by atoms with E-state index in [0.29, 0.717) is 91.9 Å². The van der Waals surface area contributed by atoms with Crippen molar-refractivity contribution in [3.05, 3.63) is 35.9 Å². The third-order valence-corrected chi connectivity index (χ3v) is 22.0. The Morgan fingerprint density at radius 1 is 0.500 bits per heavy atom. The number of alkyl carbamates (subject to hydrolysis) is 1. The van der Waals surface area contributed by atoms with Crippen molar-refractivity contribution in [1.82, 2.24) is 78.5 Å². The van der Waals surface area contributed by atoms with Crippen LogP contribution >= 0.6 is 0 Å². The number of amides is 14. The van der Waals surface area contributed by atoms with E-state index >= 15 is 0 Å². The summed E-state index contributed by atoms with van der Waals surface area (Å²) < 4.78 is 66.0. The van der Waals surface area contributed by atoms with Gasteiger partial charge in [-0.3, -0.25) is 72.0 Å². The van der Waals surface area contributed by atoms with E-state index in [1.54, 1.807) is 61.2 Å². The second kappa shape index (κ2) is 71.2. The van der Waals surface area contributed by atoms with Crippen LogP contribution in [0.2, 0.25) is 0 Å². The average molecular weight is 1970 g/mol. The first-order valence-electron chi connectivity index (χ1n) is 47.3. The van der Waals surface area contributed by atoms with Gasteiger partial charge in [-0.05, 0) is 75.4 Å². The second-order valence-electron chi connectivity index (χ2n) is 35.6. The molecule has 2 rings (SSSR count). The molecule has 1 heterocycles. The lowest BCUT2D eigenvalue weighted by molar-refractivity contribution is -0.148. The number of nitrogens with zero attached hydrogens (tertiary/aromatic N) is 3. The van der Waals surface area contributed by atoms with Crippen LogP contribution in [0.15, 0.2) is 30.3 Å². The minimum absolute atomic E-state index is 0.00897. The van der Waals surface area contributed by atoms with Crippen molar-refractivity contribution in [3.63, 3.8) is 0 Å². The summed E-state index contributed by atoms with van der Waals surface area (Å²) in [5.41, 5.74) is 0.483. The predicted molar refractivity (Wildman–Crippen MR) is 504 cm³/mol. The summed E-state index contributed by atoms with van der Waals surface area (Å²) in [4.78, 5) is 229. The zero-order valence-corrected chi connectivity index (χ0v) is 84.0. The summed E-state index contributed by atoms with van der Waals surface area (Å²) >= 11 is 0. The van der Waals surface area contributed by atoms with Gasteiger partial charge < -0.3 is 136 Å². The van der Waals surface area contributed by atoms with E-state index in [0.717, 1.165) is 5.56 Å². The number of esters is 1. The first-order valence-corrected chi connectivity index (χ1v) is 47.3. The summed E-state index contributed by atoms with van der Waals surface area (Å²) in [6, 6.07) is 2.56. The fourth-order valence-corrected chi connectivity index (χ4v) is 14.6. The van der Waals surface area contributed by atoms with Crippen molar-refractivity contribution in [2.24, 2.45) is 35.0 Å². The molecule has 0 aromatic heterocycles. The Morgan fingerprint density at radius 3 is 1.54 bits per heavy atom. The minimum Gasteiger partial charge on any atom is -0.480 e. The zero-order valence-electron chi connectivity index (χ0n) is 84.0. The van der Waals surface area contributed by atoms with Gasteiger partial charge >= 0.3 is 18.0 Å². The fraction of sp³-hybridized carbons (Fsp3) is 0.753. The number of hydrogen-bond donors (Lipinski definition) is 13. The van der Waals surface area contributed by atoms with Crippen molar-refractivity contribution in [1.29, 1.82) is 0 Å². The number of methoxy groups -OCH3 is 3. The van der Waals surface area contributed by atoms with E-state index < -0.39 is 208 Å². The third-order valence-electron chi connectivity index (χ3n) is 22.0. The number of benzene rings is 1. The Morgan fingerprint density at radius 2 is 1.02 bits per heavy atom. The van der Waals surface area contributed by atoms with Gasteiger partial charge in [0, 0.05) is 99.6 Å². The molecular weight excluding hydrogens is 1810 g/mol. The van der Waals surface area contributed by atoms with Crippen molar-refractivity contribution in [3.8, 4) is 0 Å². The zero-order chi connectivity index (χ0) is 103. The molecule has 1 aromatic rings. The van der Waals surface area contributed by atoms with E-state index in [9.17, 15) is 86.6 Å². The molecule has 0 aliphatic carbocycles. The van der Waals surface area contributed by atoms with Gasteiger partial charge in [0.2, 0.25) is 76.8 Å². The van der Waals surface area contributed by atoms with Gasteiger partial charge in [0.25, 0.3) is 0 Å². The summed E-state index contributed by atoms with van der Waals surface area (Å²) in [6.07, 6.45) is -2.77. The highest BCUT2D eigenvalue weighted by Crippen LogP contribution is 2.31. The monoisotopic (exact) mass is 1970 g/mol. The molecule has 1 aliphatic heterocycles. The maximum Gasteiger partial charge on any atom is 0.407 e. The van der Waals surface area contributed by atoms with Gasteiger partial charge in [0.15, 0.2) is 5.78 Å².